The highest BCUT2D eigenvalue weighted by atomic mass is 32.2. The average Bonchev–Trinajstić information content (AvgIpc) is 2.38. The maximum absolute atomic E-state index is 11.6. The molecule has 1 aliphatic carbocycles. The quantitative estimate of drug-likeness (QED) is 0.712. The van der Waals surface area contributed by atoms with Gasteiger partial charge in [0.15, 0.2) is 0 Å². The lowest BCUT2D eigenvalue weighted by atomic mass is 10.00. The van der Waals surface area contributed by atoms with Crippen LogP contribution in [-0.2, 0) is 19.4 Å². The largest absolute Gasteiger partial charge is 0.465 e. The molecule has 118 valence electrons. The van der Waals surface area contributed by atoms with Crippen molar-refractivity contribution in [2.45, 2.75) is 55.6 Å². The second-order valence-corrected chi connectivity index (χ2v) is 8.99. The molecule has 1 aliphatic rings. The van der Waals surface area contributed by atoms with Crippen molar-refractivity contribution in [1.29, 1.82) is 0 Å². The van der Waals surface area contributed by atoms with E-state index >= 15 is 0 Å². The number of thioether (sulfide) groups is 1. The summed E-state index contributed by atoms with van der Waals surface area (Å²) in [7, 11) is -2.93. The number of nitrogens with two attached hydrogens (primary N) is 1. The molecule has 0 heterocycles. The average molecular weight is 323 g/mol. The van der Waals surface area contributed by atoms with E-state index in [2.05, 4.69) is 0 Å². The van der Waals surface area contributed by atoms with Crippen LogP contribution in [0.5, 0.6) is 0 Å². The minimum absolute atomic E-state index is 0.201. The zero-order chi connectivity index (χ0) is 15.2. The van der Waals surface area contributed by atoms with E-state index in [0.29, 0.717) is 18.3 Å². The minimum atomic E-state index is -2.93. The summed E-state index contributed by atoms with van der Waals surface area (Å²) >= 11 is 1.73. The highest BCUT2D eigenvalue weighted by molar-refractivity contribution is 8.00. The van der Waals surface area contributed by atoms with Gasteiger partial charge in [-0.1, -0.05) is 6.42 Å². The molecule has 1 saturated carbocycles. The van der Waals surface area contributed by atoms with Gasteiger partial charge in [-0.05, 0) is 38.4 Å². The summed E-state index contributed by atoms with van der Waals surface area (Å²) in [6.07, 6.45) is 5.39. The molecular weight excluding hydrogens is 298 g/mol. The molecule has 1 fully saturated rings. The van der Waals surface area contributed by atoms with Crippen LogP contribution >= 0.6 is 11.8 Å². The molecule has 7 heteroatoms. The predicted molar refractivity (Wildman–Crippen MR) is 82.6 cm³/mol. The molecule has 2 N–H and O–H groups in total. The summed E-state index contributed by atoms with van der Waals surface area (Å²) < 4.78 is 28.0. The van der Waals surface area contributed by atoms with E-state index in [0.717, 1.165) is 31.4 Å². The fourth-order valence-corrected chi connectivity index (χ4v) is 5.09. The van der Waals surface area contributed by atoms with Crippen molar-refractivity contribution in [3.63, 3.8) is 0 Å². The molecule has 0 radical (unpaired) electrons. The third kappa shape index (κ3) is 6.01. The number of esters is 1. The topological polar surface area (TPSA) is 86.5 Å². The van der Waals surface area contributed by atoms with Crippen molar-refractivity contribution in [1.82, 2.24) is 0 Å². The maximum atomic E-state index is 11.6. The summed E-state index contributed by atoms with van der Waals surface area (Å²) in [5.74, 6) is 0.409. The molecule has 1 rings (SSSR count). The molecule has 20 heavy (non-hydrogen) atoms. The molecule has 0 aromatic rings. The number of sulfone groups is 1. The van der Waals surface area contributed by atoms with Gasteiger partial charge >= 0.3 is 5.97 Å². The van der Waals surface area contributed by atoms with Crippen LogP contribution in [0.15, 0.2) is 0 Å². The maximum Gasteiger partial charge on any atom is 0.322 e. The second kappa shape index (κ2) is 8.24. The van der Waals surface area contributed by atoms with E-state index in [-0.39, 0.29) is 11.2 Å². The molecule has 0 aromatic heterocycles. The third-order valence-electron chi connectivity index (χ3n) is 3.56. The normalized spacial score (nSPS) is 25.1. The molecule has 5 nitrogen and oxygen atoms in total. The monoisotopic (exact) mass is 323 g/mol. The van der Waals surface area contributed by atoms with Gasteiger partial charge in [0.25, 0.3) is 0 Å². The number of carbonyl (C=O) groups excluding carboxylic acids is 1. The first-order valence-electron chi connectivity index (χ1n) is 7.07. The lowest BCUT2D eigenvalue weighted by Gasteiger charge is -2.27. The fourth-order valence-electron chi connectivity index (χ4n) is 2.37. The van der Waals surface area contributed by atoms with Crippen molar-refractivity contribution in [2.75, 3.05) is 18.6 Å². The van der Waals surface area contributed by atoms with Gasteiger partial charge in [0.05, 0.1) is 11.9 Å². The minimum Gasteiger partial charge on any atom is -0.465 e. The first kappa shape index (κ1) is 17.8. The van der Waals surface area contributed by atoms with Crippen molar-refractivity contribution in [3.8, 4) is 0 Å². The zero-order valence-corrected chi connectivity index (χ0v) is 13.8. The van der Waals surface area contributed by atoms with E-state index < -0.39 is 15.9 Å². The Bertz CT molecular complexity index is 411. The van der Waals surface area contributed by atoms with Crippen LogP contribution in [0.25, 0.3) is 0 Å². The van der Waals surface area contributed by atoms with Crippen molar-refractivity contribution in [2.24, 2.45) is 5.73 Å². The van der Waals surface area contributed by atoms with Crippen LogP contribution < -0.4 is 5.73 Å². The lowest BCUT2D eigenvalue weighted by Crippen LogP contribution is -2.33. The van der Waals surface area contributed by atoms with Gasteiger partial charge < -0.3 is 10.5 Å². The van der Waals surface area contributed by atoms with E-state index in [9.17, 15) is 13.2 Å². The predicted octanol–water partition coefficient (Wildman–Crippen LogP) is 1.36. The Balaban J connectivity index is 2.30. The molecule has 0 amide bonds. The second-order valence-electron chi connectivity index (χ2n) is 5.26. The van der Waals surface area contributed by atoms with Crippen molar-refractivity contribution >= 4 is 27.6 Å². The van der Waals surface area contributed by atoms with Gasteiger partial charge in [0.1, 0.15) is 15.9 Å². The number of hydrogen-bond donors (Lipinski definition) is 1. The van der Waals surface area contributed by atoms with Crippen LogP contribution in [0.2, 0.25) is 0 Å². The first-order valence-corrected chi connectivity index (χ1v) is 10.1. The molecule has 0 bridgehead atoms. The van der Waals surface area contributed by atoms with Crippen LogP contribution in [0.4, 0.5) is 0 Å². The number of carbonyl (C=O) groups is 1. The Kier molecular flexibility index (Phi) is 7.33. The summed E-state index contributed by atoms with van der Waals surface area (Å²) in [5.41, 5.74) is 5.73. The van der Waals surface area contributed by atoms with Gasteiger partial charge in [-0.15, -0.1) is 0 Å². The van der Waals surface area contributed by atoms with E-state index in [1.807, 2.05) is 0 Å². The molecular formula is C13H25NO4S2. The molecule has 3 atom stereocenters. The summed E-state index contributed by atoms with van der Waals surface area (Å²) in [4.78, 5) is 11.4. The van der Waals surface area contributed by atoms with E-state index in [1.54, 1.807) is 18.7 Å². The Morgan fingerprint density at radius 1 is 1.45 bits per heavy atom. The van der Waals surface area contributed by atoms with Crippen molar-refractivity contribution in [3.05, 3.63) is 0 Å². The van der Waals surface area contributed by atoms with Crippen LogP contribution in [0.3, 0.4) is 0 Å². The molecule has 0 aromatic carbocycles. The van der Waals surface area contributed by atoms with Crippen LogP contribution in [0.1, 0.15) is 39.0 Å². The highest BCUT2D eigenvalue weighted by Gasteiger charge is 2.29. The zero-order valence-electron chi connectivity index (χ0n) is 12.2. The SMILES string of the molecule is CCOC(=O)C(N)CCSC1CCCC(S(C)(=O)=O)C1. The van der Waals surface area contributed by atoms with Gasteiger partial charge in [-0.25, -0.2) is 8.42 Å². The smallest absolute Gasteiger partial charge is 0.322 e. The van der Waals surface area contributed by atoms with Crippen molar-refractivity contribution < 1.29 is 17.9 Å². The number of ether oxygens (including phenoxy) is 1. The fraction of sp³-hybridized carbons (Fsp3) is 0.923. The molecule has 0 aliphatic heterocycles. The van der Waals surface area contributed by atoms with Gasteiger partial charge in [-0.3, -0.25) is 4.79 Å². The Morgan fingerprint density at radius 2 is 2.15 bits per heavy atom. The highest BCUT2D eigenvalue weighted by Crippen LogP contribution is 2.32. The number of hydrogen-bond acceptors (Lipinski definition) is 6. The van der Waals surface area contributed by atoms with E-state index in [4.69, 9.17) is 10.5 Å². The standard InChI is InChI=1S/C13H25NO4S2/c1-3-18-13(15)12(14)7-8-19-10-5-4-6-11(9-10)20(2,16)17/h10-12H,3-9,14H2,1-2H3. The summed E-state index contributed by atoms with van der Waals surface area (Å²) in [5, 5.41) is 0.158. The van der Waals surface area contributed by atoms with Crippen LogP contribution in [-0.4, -0.2) is 49.5 Å². The summed E-state index contributed by atoms with van der Waals surface area (Å²) in [6, 6.07) is -0.572. The Hall–Kier alpha value is -0.270. The van der Waals surface area contributed by atoms with Gasteiger partial charge in [0, 0.05) is 11.5 Å². The van der Waals surface area contributed by atoms with Gasteiger partial charge in [-0.2, -0.15) is 11.8 Å². The third-order valence-corrected chi connectivity index (χ3v) is 6.57. The van der Waals surface area contributed by atoms with Gasteiger partial charge in [0.2, 0.25) is 0 Å². The van der Waals surface area contributed by atoms with E-state index in [1.165, 1.54) is 6.26 Å². The summed E-state index contributed by atoms with van der Waals surface area (Å²) in [6.45, 7) is 2.10. The number of rotatable bonds is 7. The van der Waals surface area contributed by atoms with Crippen LogP contribution in [0, 0.1) is 0 Å². The first-order chi connectivity index (χ1) is 9.34. The lowest BCUT2D eigenvalue weighted by molar-refractivity contribution is -0.144. The Morgan fingerprint density at radius 3 is 2.75 bits per heavy atom. The Labute approximate surface area is 125 Å². The molecule has 0 spiro atoms. The molecule has 3 unspecified atom stereocenters. The molecule has 0 saturated heterocycles.